The Morgan fingerprint density at radius 2 is 1.56 bits per heavy atom. The molecule has 0 aliphatic carbocycles. The molecule has 0 heterocycles. The SMILES string of the molecule is O=NN(C[C@H](NC(=O)OCc1ccccc1)C(=O)[O-])OCc1ccccc1. The standard InChI is InChI=1S/C18H19N3O6/c22-17(23)16(19-18(24)26-12-14-7-3-1-4-8-14)11-21(20-25)27-13-15-9-5-2-6-10-15/h1-10,16H,11-13H2,(H,19,24)(H,22,23)/p-1/t16-/m0/s1. The molecule has 2 aromatic rings. The van der Waals surface area contributed by atoms with Gasteiger partial charge in [-0.15, -0.1) is 10.1 Å². The van der Waals surface area contributed by atoms with Crippen molar-refractivity contribution in [3.63, 3.8) is 0 Å². The van der Waals surface area contributed by atoms with Gasteiger partial charge in [-0.25, -0.2) is 9.63 Å². The van der Waals surface area contributed by atoms with Gasteiger partial charge in [0.2, 0.25) is 0 Å². The predicted octanol–water partition coefficient (Wildman–Crippen LogP) is 1.15. The summed E-state index contributed by atoms with van der Waals surface area (Å²) in [5.74, 6) is -1.61. The highest BCUT2D eigenvalue weighted by Crippen LogP contribution is 2.05. The molecular formula is C18H18N3O6-. The monoisotopic (exact) mass is 372 g/mol. The molecule has 0 saturated carbocycles. The van der Waals surface area contributed by atoms with Crippen molar-refractivity contribution >= 4 is 12.1 Å². The summed E-state index contributed by atoms with van der Waals surface area (Å²) in [5, 5.41) is 16.5. The topological polar surface area (TPSA) is 120 Å². The zero-order chi connectivity index (χ0) is 19.5. The number of rotatable bonds is 10. The smallest absolute Gasteiger partial charge is 0.408 e. The number of nitrogens with zero attached hydrogens (tertiary/aromatic N) is 2. The lowest BCUT2D eigenvalue weighted by Gasteiger charge is -2.23. The fraction of sp³-hybridized carbons (Fsp3) is 0.222. The molecule has 1 atom stereocenters. The molecule has 2 rings (SSSR count). The maximum Gasteiger partial charge on any atom is 0.408 e. The van der Waals surface area contributed by atoms with Crippen LogP contribution in [0.4, 0.5) is 4.79 Å². The van der Waals surface area contributed by atoms with Crippen molar-refractivity contribution in [3.8, 4) is 0 Å². The van der Waals surface area contributed by atoms with E-state index in [1.54, 1.807) is 48.5 Å². The Kier molecular flexibility index (Phi) is 7.73. The Morgan fingerprint density at radius 1 is 1.00 bits per heavy atom. The van der Waals surface area contributed by atoms with E-state index in [9.17, 15) is 19.6 Å². The largest absolute Gasteiger partial charge is 0.548 e. The molecule has 9 heteroatoms. The summed E-state index contributed by atoms with van der Waals surface area (Å²) in [6.07, 6.45) is -0.970. The van der Waals surface area contributed by atoms with Crippen molar-refractivity contribution < 1.29 is 24.3 Å². The van der Waals surface area contributed by atoms with Crippen molar-refractivity contribution in [1.82, 2.24) is 10.5 Å². The average Bonchev–Trinajstić information content (AvgIpc) is 2.70. The number of carboxylic acids is 1. The van der Waals surface area contributed by atoms with Gasteiger partial charge < -0.3 is 20.0 Å². The number of benzene rings is 2. The molecule has 0 spiro atoms. The van der Waals surface area contributed by atoms with E-state index >= 15 is 0 Å². The molecule has 0 saturated heterocycles. The second-order valence-corrected chi connectivity index (χ2v) is 5.45. The molecular weight excluding hydrogens is 354 g/mol. The Balaban J connectivity index is 1.84. The van der Waals surface area contributed by atoms with Gasteiger partial charge in [0.1, 0.15) is 13.2 Å². The minimum Gasteiger partial charge on any atom is -0.548 e. The van der Waals surface area contributed by atoms with Crippen molar-refractivity contribution in [3.05, 3.63) is 76.7 Å². The average molecular weight is 372 g/mol. The number of hydrogen-bond donors (Lipinski definition) is 1. The van der Waals surface area contributed by atoms with Gasteiger partial charge in [0, 0.05) is 0 Å². The molecule has 9 nitrogen and oxygen atoms in total. The van der Waals surface area contributed by atoms with E-state index in [0.717, 1.165) is 11.1 Å². The number of carbonyl (C=O) groups excluding carboxylic acids is 2. The van der Waals surface area contributed by atoms with Crippen LogP contribution in [0.25, 0.3) is 0 Å². The molecule has 0 aromatic heterocycles. The third kappa shape index (κ3) is 7.12. The molecule has 0 aliphatic heterocycles. The third-order valence-electron chi connectivity index (χ3n) is 3.44. The Morgan fingerprint density at radius 3 is 2.07 bits per heavy atom. The zero-order valence-electron chi connectivity index (χ0n) is 14.3. The van der Waals surface area contributed by atoms with Crippen molar-refractivity contribution in [2.75, 3.05) is 6.54 Å². The van der Waals surface area contributed by atoms with Crippen LogP contribution in [0.5, 0.6) is 0 Å². The quantitative estimate of drug-likeness (QED) is 0.490. The molecule has 0 fully saturated rings. The highest BCUT2D eigenvalue weighted by atomic mass is 16.7. The van der Waals surface area contributed by atoms with Crippen LogP contribution in [0.1, 0.15) is 11.1 Å². The van der Waals surface area contributed by atoms with Crippen molar-refractivity contribution in [2.24, 2.45) is 5.29 Å². The van der Waals surface area contributed by atoms with Crippen LogP contribution in [0.15, 0.2) is 65.9 Å². The van der Waals surface area contributed by atoms with Crippen LogP contribution >= 0.6 is 0 Å². The summed E-state index contributed by atoms with van der Waals surface area (Å²) in [5.41, 5.74) is 1.49. The second kappa shape index (κ2) is 10.5. The minimum absolute atomic E-state index is 0.00476. The summed E-state index contributed by atoms with van der Waals surface area (Å²) >= 11 is 0. The minimum atomic E-state index is -1.61. The maximum absolute atomic E-state index is 11.8. The normalized spacial score (nSPS) is 11.3. The van der Waals surface area contributed by atoms with Crippen molar-refractivity contribution in [2.45, 2.75) is 19.3 Å². The van der Waals surface area contributed by atoms with Gasteiger partial charge in [-0.2, -0.15) is 0 Å². The van der Waals surface area contributed by atoms with E-state index in [0.29, 0.717) is 5.17 Å². The summed E-state index contributed by atoms with van der Waals surface area (Å²) in [4.78, 5) is 39.0. The van der Waals surface area contributed by atoms with Crippen LogP contribution in [0, 0.1) is 4.91 Å². The van der Waals surface area contributed by atoms with Gasteiger partial charge in [-0.1, -0.05) is 60.7 Å². The Bertz CT molecular complexity index is 741. The highest BCUT2D eigenvalue weighted by molar-refractivity contribution is 5.78. The summed E-state index contributed by atoms with van der Waals surface area (Å²) in [6, 6.07) is 16.2. The second-order valence-electron chi connectivity index (χ2n) is 5.45. The number of carbonyl (C=O) groups is 2. The molecule has 0 radical (unpaired) electrons. The lowest BCUT2D eigenvalue weighted by molar-refractivity contribution is -0.310. The number of amides is 1. The maximum atomic E-state index is 11.8. The van der Waals surface area contributed by atoms with Gasteiger partial charge in [0.05, 0.1) is 23.8 Å². The van der Waals surface area contributed by atoms with Crippen LogP contribution in [-0.4, -0.2) is 29.8 Å². The van der Waals surface area contributed by atoms with E-state index in [2.05, 4.69) is 10.6 Å². The number of hydroxylamine groups is 1. The molecule has 1 amide bonds. The Labute approximate surface area is 155 Å². The molecule has 1 N–H and O–H groups in total. The van der Waals surface area contributed by atoms with Gasteiger partial charge in [-0.3, -0.25) is 0 Å². The number of aliphatic carboxylic acids is 1. The third-order valence-corrected chi connectivity index (χ3v) is 3.44. The molecule has 0 unspecified atom stereocenters. The van der Waals surface area contributed by atoms with E-state index in [-0.39, 0.29) is 13.2 Å². The Hall–Kier alpha value is -3.46. The summed E-state index contributed by atoms with van der Waals surface area (Å²) < 4.78 is 4.94. The first-order valence-electron chi connectivity index (χ1n) is 8.04. The number of nitroso groups, excluding NO2 is 1. The first kappa shape index (κ1) is 19.9. The van der Waals surface area contributed by atoms with Gasteiger partial charge in [0.25, 0.3) is 0 Å². The fourth-order valence-corrected chi connectivity index (χ4v) is 2.08. The van der Waals surface area contributed by atoms with Gasteiger partial charge >= 0.3 is 6.09 Å². The van der Waals surface area contributed by atoms with Gasteiger partial charge in [0.15, 0.2) is 0 Å². The number of alkyl carbamates (subject to hydrolysis) is 1. The van der Waals surface area contributed by atoms with Crippen molar-refractivity contribution in [1.29, 1.82) is 0 Å². The molecule has 0 aliphatic rings. The van der Waals surface area contributed by atoms with Gasteiger partial charge in [-0.05, 0) is 11.1 Å². The van der Waals surface area contributed by atoms with E-state index in [4.69, 9.17) is 9.57 Å². The first-order valence-corrected chi connectivity index (χ1v) is 8.04. The number of nitrogens with one attached hydrogen (secondary N) is 1. The molecule has 0 bridgehead atoms. The fourth-order valence-electron chi connectivity index (χ4n) is 2.08. The number of carboxylic acid groups (broad SMARTS) is 1. The van der Waals surface area contributed by atoms with Crippen LogP contribution < -0.4 is 10.4 Å². The molecule has 142 valence electrons. The van der Waals surface area contributed by atoms with Crippen LogP contribution in [-0.2, 0) is 27.6 Å². The van der Waals surface area contributed by atoms with E-state index in [1.165, 1.54) is 0 Å². The highest BCUT2D eigenvalue weighted by Gasteiger charge is 2.19. The molecule has 27 heavy (non-hydrogen) atoms. The van der Waals surface area contributed by atoms with E-state index < -0.39 is 24.6 Å². The first-order chi connectivity index (χ1) is 13.1. The lowest BCUT2D eigenvalue weighted by Crippen LogP contribution is -2.53. The molecule has 2 aromatic carbocycles. The lowest BCUT2D eigenvalue weighted by atomic mass is 10.2. The number of hydrogen-bond acceptors (Lipinski definition) is 7. The summed E-state index contributed by atoms with van der Waals surface area (Å²) in [6.45, 7) is -0.573. The van der Waals surface area contributed by atoms with E-state index in [1.807, 2.05) is 12.1 Å². The number of ether oxygens (including phenoxy) is 1. The summed E-state index contributed by atoms with van der Waals surface area (Å²) in [7, 11) is 0. The van der Waals surface area contributed by atoms with Crippen LogP contribution in [0.2, 0.25) is 0 Å². The predicted molar refractivity (Wildman–Crippen MR) is 92.3 cm³/mol. The zero-order valence-corrected chi connectivity index (χ0v) is 14.3. The van der Waals surface area contributed by atoms with Crippen LogP contribution in [0.3, 0.4) is 0 Å².